The van der Waals surface area contributed by atoms with Gasteiger partial charge in [0.1, 0.15) is 0 Å². The standard InChI is InChI=1S/C11H14BrFN2O2S/c12-9-5-6-14-11(18(13,16)17)10(9)15-7-3-1-2-4-8-15/h5-6H,1-4,7-8H2. The van der Waals surface area contributed by atoms with Gasteiger partial charge in [0.05, 0.1) is 5.69 Å². The van der Waals surface area contributed by atoms with Crippen LogP contribution >= 0.6 is 15.9 Å². The van der Waals surface area contributed by atoms with Gasteiger partial charge in [-0.05, 0) is 34.8 Å². The van der Waals surface area contributed by atoms with Gasteiger partial charge in [-0.3, -0.25) is 0 Å². The van der Waals surface area contributed by atoms with Crippen LogP contribution in [0.25, 0.3) is 0 Å². The summed E-state index contributed by atoms with van der Waals surface area (Å²) in [5.74, 6) is 0. The van der Waals surface area contributed by atoms with E-state index in [-0.39, 0.29) is 0 Å². The van der Waals surface area contributed by atoms with Gasteiger partial charge in [-0.2, -0.15) is 8.42 Å². The van der Waals surface area contributed by atoms with Crippen LogP contribution in [-0.4, -0.2) is 26.5 Å². The summed E-state index contributed by atoms with van der Waals surface area (Å²) in [4.78, 5) is 5.58. The minimum absolute atomic E-state index is 0.349. The first-order valence-corrected chi connectivity index (χ1v) is 8.02. The first-order valence-electron chi connectivity index (χ1n) is 5.84. The van der Waals surface area contributed by atoms with E-state index >= 15 is 0 Å². The van der Waals surface area contributed by atoms with E-state index in [1.165, 1.54) is 6.20 Å². The molecule has 0 aliphatic carbocycles. The van der Waals surface area contributed by atoms with Gasteiger partial charge in [0.15, 0.2) is 0 Å². The molecule has 2 heterocycles. The molecular formula is C11H14BrFN2O2S. The Kier molecular flexibility index (Phi) is 4.21. The third-order valence-corrected chi connectivity index (χ3v) is 4.40. The van der Waals surface area contributed by atoms with Crippen molar-refractivity contribution in [3.8, 4) is 0 Å². The summed E-state index contributed by atoms with van der Waals surface area (Å²) < 4.78 is 36.2. The minimum Gasteiger partial charge on any atom is -0.368 e. The molecule has 7 heteroatoms. The molecule has 18 heavy (non-hydrogen) atoms. The number of pyridine rings is 1. The van der Waals surface area contributed by atoms with Crippen molar-refractivity contribution in [1.29, 1.82) is 0 Å². The van der Waals surface area contributed by atoms with Crippen LogP contribution < -0.4 is 4.90 Å². The highest BCUT2D eigenvalue weighted by molar-refractivity contribution is 9.10. The van der Waals surface area contributed by atoms with Crippen molar-refractivity contribution in [3.05, 3.63) is 16.7 Å². The van der Waals surface area contributed by atoms with Crippen LogP contribution in [0, 0.1) is 0 Å². The van der Waals surface area contributed by atoms with Gasteiger partial charge in [-0.15, -0.1) is 0 Å². The zero-order chi connectivity index (χ0) is 13.2. The topological polar surface area (TPSA) is 50.3 Å². The lowest BCUT2D eigenvalue weighted by molar-refractivity contribution is 0.547. The summed E-state index contributed by atoms with van der Waals surface area (Å²) in [6, 6.07) is 1.63. The second kappa shape index (κ2) is 5.52. The molecule has 1 saturated heterocycles. The molecule has 0 radical (unpaired) electrons. The maximum atomic E-state index is 13.3. The Morgan fingerprint density at radius 1 is 1.22 bits per heavy atom. The molecular weight excluding hydrogens is 323 g/mol. The van der Waals surface area contributed by atoms with Crippen LogP contribution in [0.3, 0.4) is 0 Å². The van der Waals surface area contributed by atoms with Crippen LogP contribution in [0.4, 0.5) is 9.57 Å². The number of rotatable bonds is 2. The van der Waals surface area contributed by atoms with Crippen molar-refractivity contribution in [2.75, 3.05) is 18.0 Å². The third-order valence-electron chi connectivity index (χ3n) is 2.99. The fourth-order valence-electron chi connectivity index (χ4n) is 2.17. The molecule has 4 nitrogen and oxygen atoms in total. The molecule has 0 aromatic carbocycles. The molecule has 1 aliphatic heterocycles. The Bertz CT molecular complexity index is 528. The summed E-state index contributed by atoms with van der Waals surface area (Å²) >= 11 is 3.29. The van der Waals surface area contributed by atoms with E-state index in [2.05, 4.69) is 20.9 Å². The molecule has 0 atom stereocenters. The van der Waals surface area contributed by atoms with Gasteiger partial charge in [-0.25, -0.2) is 4.98 Å². The van der Waals surface area contributed by atoms with Crippen molar-refractivity contribution in [3.63, 3.8) is 0 Å². The quantitative estimate of drug-likeness (QED) is 0.779. The Hall–Kier alpha value is -0.690. The van der Waals surface area contributed by atoms with E-state index in [1.54, 1.807) is 6.07 Å². The summed E-state index contributed by atoms with van der Waals surface area (Å²) in [7, 11) is -4.80. The Balaban J connectivity index is 2.47. The lowest BCUT2D eigenvalue weighted by Gasteiger charge is -2.24. The van der Waals surface area contributed by atoms with Gasteiger partial charge in [0.25, 0.3) is 0 Å². The molecule has 2 rings (SSSR count). The van der Waals surface area contributed by atoms with E-state index in [4.69, 9.17) is 0 Å². The molecule has 1 aromatic rings. The van der Waals surface area contributed by atoms with E-state index in [0.717, 1.165) is 38.8 Å². The number of halogens is 2. The molecule has 0 amide bonds. The molecule has 0 saturated carbocycles. The Morgan fingerprint density at radius 3 is 2.39 bits per heavy atom. The number of hydrogen-bond acceptors (Lipinski definition) is 4. The summed E-state index contributed by atoms with van der Waals surface area (Å²) in [6.45, 7) is 1.46. The SMILES string of the molecule is O=S(=O)(F)c1nccc(Br)c1N1CCCCCC1. The van der Waals surface area contributed by atoms with Gasteiger partial charge >= 0.3 is 10.2 Å². The highest BCUT2D eigenvalue weighted by Gasteiger charge is 2.25. The van der Waals surface area contributed by atoms with Crippen molar-refractivity contribution < 1.29 is 12.3 Å². The van der Waals surface area contributed by atoms with Crippen LogP contribution in [-0.2, 0) is 10.2 Å². The molecule has 0 N–H and O–H groups in total. The average Bonchev–Trinajstić information content (AvgIpc) is 2.56. The zero-order valence-corrected chi connectivity index (χ0v) is 12.2. The highest BCUT2D eigenvalue weighted by Crippen LogP contribution is 2.33. The van der Waals surface area contributed by atoms with Crippen molar-refractivity contribution >= 4 is 31.8 Å². The van der Waals surface area contributed by atoms with Crippen molar-refractivity contribution in [2.24, 2.45) is 0 Å². The van der Waals surface area contributed by atoms with Crippen LogP contribution in [0.15, 0.2) is 21.8 Å². The molecule has 1 fully saturated rings. The van der Waals surface area contributed by atoms with Crippen LogP contribution in [0.5, 0.6) is 0 Å². The predicted octanol–water partition coefficient (Wildman–Crippen LogP) is 2.88. The third kappa shape index (κ3) is 3.00. The maximum absolute atomic E-state index is 13.3. The molecule has 1 aromatic heterocycles. The first-order chi connectivity index (χ1) is 8.50. The lowest BCUT2D eigenvalue weighted by Crippen LogP contribution is -2.26. The number of hydrogen-bond donors (Lipinski definition) is 0. The van der Waals surface area contributed by atoms with Crippen LogP contribution in [0.1, 0.15) is 25.7 Å². The van der Waals surface area contributed by atoms with E-state index < -0.39 is 15.2 Å². The van der Waals surface area contributed by atoms with E-state index in [1.807, 2.05) is 4.90 Å². The van der Waals surface area contributed by atoms with Crippen LogP contribution in [0.2, 0.25) is 0 Å². The normalized spacial score (nSPS) is 17.6. The maximum Gasteiger partial charge on any atom is 0.351 e. The fraction of sp³-hybridized carbons (Fsp3) is 0.545. The largest absolute Gasteiger partial charge is 0.368 e. The van der Waals surface area contributed by atoms with E-state index in [9.17, 15) is 12.3 Å². The van der Waals surface area contributed by atoms with Gasteiger partial charge in [-0.1, -0.05) is 16.7 Å². The summed E-state index contributed by atoms with van der Waals surface area (Å²) in [5, 5.41) is -0.487. The molecule has 0 bridgehead atoms. The number of anilines is 1. The number of aromatic nitrogens is 1. The minimum atomic E-state index is -4.80. The van der Waals surface area contributed by atoms with Gasteiger partial charge < -0.3 is 4.90 Å². The lowest BCUT2D eigenvalue weighted by atomic mass is 10.2. The van der Waals surface area contributed by atoms with Crippen molar-refractivity contribution in [1.82, 2.24) is 4.98 Å². The summed E-state index contributed by atoms with van der Waals surface area (Å²) in [6.07, 6.45) is 5.48. The average molecular weight is 337 g/mol. The second-order valence-corrected chi connectivity index (χ2v) is 6.40. The first kappa shape index (κ1) is 13.7. The fourth-order valence-corrected chi connectivity index (χ4v) is 3.52. The molecule has 0 spiro atoms. The predicted molar refractivity (Wildman–Crippen MR) is 70.9 cm³/mol. The highest BCUT2D eigenvalue weighted by atomic mass is 79.9. The number of nitrogens with zero attached hydrogens (tertiary/aromatic N) is 2. The van der Waals surface area contributed by atoms with Gasteiger partial charge in [0, 0.05) is 23.8 Å². The summed E-state index contributed by atoms with van der Waals surface area (Å²) in [5.41, 5.74) is 0.349. The van der Waals surface area contributed by atoms with Gasteiger partial charge in [0.2, 0.25) is 5.03 Å². The monoisotopic (exact) mass is 336 g/mol. The zero-order valence-electron chi connectivity index (χ0n) is 9.77. The Morgan fingerprint density at radius 2 is 1.83 bits per heavy atom. The molecule has 100 valence electrons. The second-order valence-electron chi connectivity index (χ2n) is 4.29. The smallest absolute Gasteiger partial charge is 0.351 e. The Labute approximate surface area is 115 Å². The van der Waals surface area contributed by atoms with E-state index in [0.29, 0.717) is 10.2 Å². The molecule has 0 unspecified atom stereocenters. The van der Waals surface area contributed by atoms with Crippen molar-refractivity contribution in [2.45, 2.75) is 30.7 Å². The molecule has 1 aliphatic rings.